The monoisotopic (exact) mass is 492 g/mol. The molecule has 0 N–H and O–H groups in total. The molecule has 4 rings (SSSR count). The first-order valence-electron chi connectivity index (χ1n) is 9.56. The number of ketones is 1. The van der Waals surface area contributed by atoms with E-state index >= 15 is 0 Å². The fourth-order valence-corrected chi connectivity index (χ4v) is 4.67. The van der Waals surface area contributed by atoms with Gasteiger partial charge in [0.15, 0.2) is 5.78 Å². The Kier molecular flexibility index (Phi) is 5.83. The van der Waals surface area contributed by atoms with Gasteiger partial charge < -0.3 is 4.90 Å². The van der Waals surface area contributed by atoms with Crippen LogP contribution in [0.4, 0.5) is 0 Å². The second kappa shape index (κ2) is 8.21. The van der Waals surface area contributed by atoms with E-state index in [4.69, 9.17) is 28.2 Å². The number of rotatable bonds is 4. The molecule has 1 aliphatic carbocycles. The molecule has 2 aromatic rings. The number of aliphatic imine (C=N–C) groups is 1. The van der Waals surface area contributed by atoms with E-state index in [1.807, 2.05) is 0 Å². The van der Waals surface area contributed by atoms with Gasteiger partial charge in [-0.15, -0.1) is 0 Å². The van der Waals surface area contributed by atoms with Crippen LogP contribution in [0.1, 0.15) is 48.0 Å². The summed E-state index contributed by atoms with van der Waals surface area (Å²) in [4.78, 5) is 32.9. The molecule has 150 valence electrons. The van der Waals surface area contributed by atoms with Gasteiger partial charge in [0.05, 0.1) is 11.6 Å². The average Bonchev–Trinajstić information content (AvgIpc) is 2.97. The van der Waals surface area contributed by atoms with E-state index in [9.17, 15) is 9.59 Å². The van der Waals surface area contributed by atoms with E-state index in [0.717, 1.165) is 37.7 Å². The summed E-state index contributed by atoms with van der Waals surface area (Å²) in [5.41, 5.74) is 1.02. The van der Waals surface area contributed by atoms with Crippen molar-refractivity contribution in [2.24, 2.45) is 4.99 Å². The van der Waals surface area contributed by atoms with Crippen molar-refractivity contribution in [1.29, 1.82) is 0 Å². The summed E-state index contributed by atoms with van der Waals surface area (Å²) >= 11 is 15.4. The van der Waals surface area contributed by atoms with Crippen LogP contribution in [-0.4, -0.2) is 34.5 Å². The predicted octanol–water partition coefficient (Wildman–Crippen LogP) is 5.93. The van der Waals surface area contributed by atoms with Crippen molar-refractivity contribution < 1.29 is 9.59 Å². The number of nitrogens with zero attached hydrogens (tertiary/aromatic N) is 2. The van der Waals surface area contributed by atoms with Gasteiger partial charge in [0.1, 0.15) is 11.4 Å². The Morgan fingerprint density at radius 2 is 1.76 bits per heavy atom. The van der Waals surface area contributed by atoms with Crippen LogP contribution in [0.15, 0.2) is 51.9 Å². The average molecular weight is 494 g/mol. The largest absolute Gasteiger partial charge is 0.305 e. The van der Waals surface area contributed by atoms with Gasteiger partial charge in [-0.3, -0.25) is 14.6 Å². The standard InChI is InChI=1S/C22H19BrCl2N2O2/c23-17-12-15(6-9-18(17)25)19(28)13-27-21(29)20(14-4-7-16(24)8-5-14)26-22(27)10-2-1-3-11-22/h4-9,12H,1-3,10-11,13H2. The van der Waals surface area contributed by atoms with Crippen LogP contribution >= 0.6 is 39.1 Å². The van der Waals surface area contributed by atoms with E-state index < -0.39 is 5.66 Å². The lowest BCUT2D eigenvalue weighted by molar-refractivity contribution is -0.128. The molecule has 1 fully saturated rings. The van der Waals surface area contributed by atoms with Gasteiger partial charge in [-0.05, 0) is 71.9 Å². The van der Waals surface area contributed by atoms with Crippen molar-refractivity contribution in [3.05, 3.63) is 68.1 Å². The fourth-order valence-electron chi connectivity index (χ4n) is 4.05. The van der Waals surface area contributed by atoms with Gasteiger partial charge in [-0.2, -0.15) is 0 Å². The summed E-state index contributed by atoms with van der Waals surface area (Å²) in [5, 5.41) is 1.14. The lowest BCUT2D eigenvalue weighted by Crippen LogP contribution is -2.50. The second-order valence-corrected chi connectivity index (χ2v) is 9.15. The van der Waals surface area contributed by atoms with E-state index in [1.54, 1.807) is 47.4 Å². The summed E-state index contributed by atoms with van der Waals surface area (Å²) in [6.45, 7) is -0.00645. The van der Waals surface area contributed by atoms with Crippen LogP contribution in [-0.2, 0) is 4.79 Å². The predicted molar refractivity (Wildman–Crippen MR) is 119 cm³/mol. The summed E-state index contributed by atoms with van der Waals surface area (Å²) in [5.74, 6) is -0.330. The van der Waals surface area contributed by atoms with E-state index in [1.165, 1.54) is 0 Å². The molecule has 29 heavy (non-hydrogen) atoms. The molecule has 1 aliphatic heterocycles. The highest BCUT2D eigenvalue weighted by molar-refractivity contribution is 9.10. The molecule has 0 unspecified atom stereocenters. The highest BCUT2D eigenvalue weighted by Gasteiger charge is 2.48. The van der Waals surface area contributed by atoms with E-state index in [2.05, 4.69) is 15.9 Å². The maximum absolute atomic E-state index is 13.3. The lowest BCUT2D eigenvalue weighted by Gasteiger charge is -2.38. The van der Waals surface area contributed by atoms with Gasteiger partial charge in [-0.1, -0.05) is 41.8 Å². The van der Waals surface area contributed by atoms with Crippen LogP contribution in [0, 0.1) is 0 Å². The van der Waals surface area contributed by atoms with Gasteiger partial charge >= 0.3 is 0 Å². The minimum Gasteiger partial charge on any atom is -0.305 e. The molecule has 0 atom stereocenters. The number of carbonyl (C=O) groups excluding carboxylic acids is 2. The molecule has 2 aliphatic rings. The normalized spacial score (nSPS) is 18.2. The molecule has 2 aromatic carbocycles. The number of carbonyl (C=O) groups is 2. The van der Waals surface area contributed by atoms with Gasteiger partial charge in [0, 0.05) is 20.6 Å². The summed E-state index contributed by atoms with van der Waals surface area (Å²) in [6.07, 6.45) is 4.64. The molecule has 1 amide bonds. The van der Waals surface area contributed by atoms with Crippen LogP contribution in [0.25, 0.3) is 0 Å². The Morgan fingerprint density at radius 3 is 2.41 bits per heavy atom. The zero-order chi connectivity index (χ0) is 20.6. The lowest BCUT2D eigenvalue weighted by atomic mass is 9.88. The number of Topliss-reactive ketones (excluding diaryl/α,β-unsaturated/α-hetero) is 1. The zero-order valence-corrected chi connectivity index (χ0v) is 18.7. The smallest absolute Gasteiger partial charge is 0.275 e. The third-order valence-electron chi connectivity index (χ3n) is 5.59. The maximum Gasteiger partial charge on any atom is 0.275 e. The quantitative estimate of drug-likeness (QED) is 0.495. The number of amides is 1. The summed E-state index contributed by atoms with van der Waals surface area (Å²) < 4.78 is 0.656. The molecule has 1 heterocycles. The number of hydrogen-bond acceptors (Lipinski definition) is 3. The SMILES string of the molecule is O=C(CN1C(=O)C(c2ccc(Cl)cc2)=NC12CCCCC2)c1ccc(Cl)c(Br)c1. The Hall–Kier alpha value is -1.69. The molecule has 0 bridgehead atoms. The first-order chi connectivity index (χ1) is 13.9. The number of benzene rings is 2. The molecular weight excluding hydrogens is 475 g/mol. The van der Waals surface area contributed by atoms with Crippen molar-refractivity contribution in [3.63, 3.8) is 0 Å². The van der Waals surface area contributed by atoms with Crippen molar-refractivity contribution in [2.75, 3.05) is 6.54 Å². The number of hydrogen-bond donors (Lipinski definition) is 0. The third kappa shape index (κ3) is 4.00. The van der Waals surface area contributed by atoms with E-state index in [-0.39, 0.29) is 18.2 Å². The third-order valence-corrected chi connectivity index (χ3v) is 7.05. The first kappa shape index (κ1) is 20.6. The first-order valence-corrected chi connectivity index (χ1v) is 11.1. The molecule has 1 spiro atoms. The fraction of sp³-hybridized carbons (Fsp3) is 0.318. The molecule has 0 saturated heterocycles. The minimum absolute atomic E-state index is 0.00645. The molecule has 0 radical (unpaired) electrons. The second-order valence-electron chi connectivity index (χ2n) is 7.45. The highest BCUT2D eigenvalue weighted by Crippen LogP contribution is 2.40. The van der Waals surface area contributed by atoms with E-state index in [0.29, 0.717) is 25.8 Å². The van der Waals surface area contributed by atoms with Crippen LogP contribution < -0.4 is 0 Å². The van der Waals surface area contributed by atoms with Gasteiger partial charge in [0.25, 0.3) is 5.91 Å². The van der Waals surface area contributed by atoms with Crippen molar-refractivity contribution in [2.45, 2.75) is 37.8 Å². The Bertz CT molecular complexity index is 998. The summed E-state index contributed by atoms with van der Waals surface area (Å²) in [7, 11) is 0. The number of halogens is 3. The molecule has 7 heteroatoms. The highest BCUT2D eigenvalue weighted by atomic mass is 79.9. The maximum atomic E-state index is 13.3. The topological polar surface area (TPSA) is 49.7 Å². The minimum atomic E-state index is -0.635. The Labute approximate surface area is 188 Å². The van der Waals surface area contributed by atoms with Crippen LogP contribution in [0.2, 0.25) is 10.0 Å². The van der Waals surface area contributed by atoms with Gasteiger partial charge in [-0.25, -0.2) is 0 Å². The van der Waals surface area contributed by atoms with Crippen molar-refractivity contribution >= 4 is 56.5 Å². The van der Waals surface area contributed by atoms with Crippen LogP contribution in [0.3, 0.4) is 0 Å². The van der Waals surface area contributed by atoms with Crippen LogP contribution in [0.5, 0.6) is 0 Å². The van der Waals surface area contributed by atoms with Crippen molar-refractivity contribution in [1.82, 2.24) is 4.90 Å². The molecule has 1 saturated carbocycles. The summed E-state index contributed by atoms with van der Waals surface area (Å²) in [6, 6.07) is 12.2. The Morgan fingerprint density at radius 1 is 1.07 bits per heavy atom. The zero-order valence-electron chi connectivity index (χ0n) is 15.6. The molecule has 4 nitrogen and oxygen atoms in total. The van der Waals surface area contributed by atoms with Gasteiger partial charge in [0.2, 0.25) is 0 Å². The Balaban J connectivity index is 1.66. The molecule has 0 aromatic heterocycles. The molecular formula is C22H19BrCl2N2O2. The van der Waals surface area contributed by atoms with Crippen molar-refractivity contribution in [3.8, 4) is 0 Å².